The van der Waals surface area contributed by atoms with Gasteiger partial charge in [0.25, 0.3) is 8.32 Å². The molecule has 0 atom stereocenters. The third-order valence-corrected chi connectivity index (χ3v) is 10.0. The number of rotatable bonds is 9. The van der Waals surface area contributed by atoms with Crippen LogP contribution in [-0.2, 0) is 0 Å². The van der Waals surface area contributed by atoms with E-state index in [1.807, 2.05) is 60.7 Å². The molecule has 0 fully saturated rings. The minimum Gasteiger partial charge on any atom is -0.490 e. The van der Waals surface area contributed by atoms with E-state index >= 15 is 0 Å². The van der Waals surface area contributed by atoms with Crippen molar-refractivity contribution in [3.05, 3.63) is 89.1 Å². The van der Waals surface area contributed by atoms with Crippen LogP contribution >= 0.6 is 0 Å². The second-order valence-corrected chi connectivity index (χ2v) is 11.8. The van der Waals surface area contributed by atoms with Gasteiger partial charge in [0.05, 0.1) is 6.61 Å². The van der Waals surface area contributed by atoms with E-state index in [0.29, 0.717) is 12.4 Å². The standard InChI is InChI=1S/C23H26N2O4Si/c1-23(2,16-9-17-29-19-14-15-22(24-18-19)25(26)27)30(28,20-10-5-3-6-11-20)21-12-7-4-8-13-21/h3-8,10-15,18,28H,9,16-17H2,1-2H3. The lowest BCUT2D eigenvalue weighted by molar-refractivity contribution is -0.389. The number of benzene rings is 2. The molecule has 2 aromatic carbocycles. The number of ether oxygens (including phenoxy) is 1. The van der Waals surface area contributed by atoms with Gasteiger partial charge in [-0.1, -0.05) is 74.5 Å². The van der Waals surface area contributed by atoms with Gasteiger partial charge in [0.15, 0.2) is 11.9 Å². The van der Waals surface area contributed by atoms with E-state index in [2.05, 4.69) is 18.8 Å². The van der Waals surface area contributed by atoms with Gasteiger partial charge in [-0.25, -0.2) is 0 Å². The van der Waals surface area contributed by atoms with Crippen LogP contribution < -0.4 is 15.1 Å². The Bertz CT molecular complexity index is 924. The molecule has 0 bridgehead atoms. The highest BCUT2D eigenvalue weighted by Gasteiger charge is 2.49. The van der Waals surface area contributed by atoms with Crippen LogP contribution in [0.2, 0.25) is 5.04 Å². The smallest absolute Gasteiger partial charge is 0.363 e. The molecule has 0 aliphatic heterocycles. The van der Waals surface area contributed by atoms with Crippen molar-refractivity contribution in [2.24, 2.45) is 0 Å². The molecule has 30 heavy (non-hydrogen) atoms. The maximum absolute atomic E-state index is 12.1. The maximum atomic E-state index is 12.1. The Labute approximate surface area is 177 Å². The van der Waals surface area contributed by atoms with Crippen LogP contribution in [0, 0.1) is 10.1 Å². The molecule has 7 heteroatoms. The molecule has 0 aliphatic carbocycles. The second kappa shape index (κ2) is 9.19. The third kappa shape index (κ3) is 4.58. The number of nitrogens with zero attached hydrogens (tertiary/aromatic N) is 2. The fourth-order valence-electron chi connectivity index (χ4n) is 3.76. The van der Waals surface area contributed by atoms with Crippen LogP contribution in [0.1, 0.15) is 26.7 Å². The first-order valence-corrected chi connectivity index (χ1v) is 11.9. The summed E-state index contributed by atoms with van der Waals surface area (Å²) >= 11 is 0. The van der Waals surface area contributed by atoms with Crippen molar-refractivity contribution in [2.45, 2.75) is 31.7 Å². The number of nitro groups is 1. The molecule has 1 heterocycles. The molecule has 6 nitrogen and oxygen atoms in total. The van der Waals surface area contributed by atoms with Crippen molar-refractivity contribution in [1.82, 2.24) is 4.98 Å². The maximum Gasteiger partial charge on any atom is 0.363 e. The minimum atomic E-state index is -3.02. The van der Waals surface area contributed by atoms with Crippen LogP contribution in [0.3, 0.4) is 0 Å². The lowest BCUT2D eigenvalue weighted by Gasteiger charge is -2.41. The van der Waals surface area contributed by atoms with Gasteiger partial charge in [-0.05, 0) is 44.2 Å². The van der Waals surface area contributed by atoms with Crippen molar-refractivity contribution >= 4 is 24.5 Å². The molecule has 0 radical (unpaired) electrons. The minimum absolute atomic E-state index is 0.203. The number of pyridine rings is 1. The first-order valence-electron chi connectivity index (χ1n) is 9.91. The Morgan fingerprint density at radius 1 is 1.00 bits per heavy atom. The van der Waals surface area contributed by atoms with E-state index in [0.717, 1.165) is 23.2 Å². The van der Waals surface area contributed by atoms with Gasteiger partial charge in [0.2, 0.25) is 0 Å². The molecule has 0 saturated carbocycles. The summed E-state index contributed by atoms with van der Waals surface area (Å²) in [6.07, 6.45) is 2.86. The van der Waals surface area contributed by atoms with E-state index in [4.69, 9.17) is 4.74 Å². The fraction of sp³-hybridized carbons (Fsp3) is 0.261. The molecular formula is C23H26N2O4Si. The van der Waals surface area contributed by atoms with Gasteiger partial charge in [0, 0.05) is 6.07 Å². The highest BCUT2D eigenvalue weighted by atomic mass is 28.4. The molecule has 1 N–H and O–H groups in total. The summed E-state index contributed by atoms with van der Waals surface area (Å²) in [6, 6.07) is 22.7. The zero-order valence-electron chi connectivity index (χ0n) is 17.2. The topological polar surface area (TPSA) is 85.5 Å². The SMILES string of the molecule is CC(C)(CCCOc1ccc([N+](=O)[O-])nc1)[Si](O)(c1ccccc1)c1ccccc1. The summed E-state index contributed by atoms with van der Waals surface area (Å²) in [4.78, 5) is 26.0. The molecule has 0 saturated heterocycles. The molecule has 3 aromatic rings. The molecule has 0 spiro atoms. The normalized spacial score (nSPS) is 11.8. The average Bonchev–Trinajstić information content (AvgIpc) is 2.77. The summed E-state index contributed by atoms with van der Waals surface area (Å²) in [5.41, 5.74) is 0. The largest absolute Gasteiger partial charge is 0.490 e. The number of hydrogen-bond donors (Lipinski definition) is 1. The Morgan fingerprint density at radius 2 is 1.57 bits per heavy atom. The van der Waals surface area contributed by atoms with Crippen molar-refractivity contribution in [3.8, 4) is 5.75 Å². The molecule has 3 rings (SSSR count). The van der Waals surface area contributed by atoms with Gasteiger partial charge in [-0.2, -0.15) is 0 Å². The lowest BCUT2D eigenvalue weighted by atomic mass is 10.1. The van der Waals surface area contributed by atoms with Crippen LogP contribution in [0.25, 0.3) is 0 Å². The molecule has 1 aromatic heterocycles. The molecule has 156 valence electrons. The van der Waals surface area contributed by atoms with E-state index in [-0.39, 0.29) is 10.9 Å². The van der Waals surface area contributed by atoms with Crippen LogP contribution in [0.5, 0.6) is 5.75 Å². The number of aromatic nitrogens is 1. The van der Waals surface area contributed by atoms with E-state index in [1.54, 1.807) is 6.07 Å². The van der Waals surface area contributed by atoms with Crippen molar-refractivity contribution in [2.75, 3.05) is 6.61 Å². The van der Waals surface area contributed by atoms with Gasteiger partial charge in [-0.3, -0.25) is 0 Å². The van der Waals surface area contributed by atoms with Gasteiger partial charge >= 0.3 is 5.82 Å². The summed E-state index contributed by atoms with van der Waals surface area (Å²) in [7, 11) is -3.02. The summed E-state index contributed by atoms with van der Waals surface area (Å²) in [5.74, 6) is 0.294. The van der Waals surface area contributed by atoms with Crippen molar-refractivity contribution < 1.29 is 14.5 Å². The van der Waals surface area contributed by atoms with Gasteiger partial charge < -0.3 is 19.6 Å². The van der Waals surface area contributed by atoms with E-state index in [1.165, 1.54) is 12.3 Å². The first-order chi connectivity index (χ1) is 14.3. The predicted molar refractivity (Wildman–Crippen MR) is 120 cm³/mol. The predicted octanol–water partition coefficient (Wildman–Crippen LogP) is 3.68. The molecule has 0 amide bonds. The van der Waals surface area contributed by atoms with E-state index < -0.39 is 13.2 Å². The number of hydrogen-bond acceptors (Lipinski definition) is 5. The van der Waals surface area contributed by atoms with Crippen LogP contribution in [0.15, 0.2) is 79.0 Å². The zero-order valence-corrected chi connectivity index (χ0v) is 18.2. The highest BCUT2D eigenvalue weighted by Crippen LogP contribution is 2.39. The molecule has 0 unspecified atom stereocenters. The first kappa shape index (κ1) is 21.7. The van der Waals surface area contributed by atoms with Gasteiger partial charge in [-0.15, -0.1) is 0 Å². The lowest BCUT2D eigenvalue weighted by Crippen LogP contribution is -2.65. The third-order valence-electron chi connectivity index (χ3n) is 5.49. The van der Waals surface area contributed by atoms with E-state index in [9.17, 15) is 14.9 Å². The fourth-order valence-corrected chi connectivity index (χ4v) is 7.54. The Hall–Kier alpha value is -3.03. The van der Waals surface area contributed by atoms with Crippen molar-refractivity contribution in [3.63, 3.8) is 0 Å². The monoisotopic (exact) mass is 422 g/mol. The Morgan fingerprint density at radius 3 is 2.03 bits per heavy atom. The molecule has 0 aliphatic rings. The second-order valence-electron chi connectivity index (χ2n) is 7.89. The Balaban J connectivity index is 1.72. The van der Waals surface area contributed by atoms with Gasteiger partial charge in [0.1, 0.15) is 0 Å². The van der Waals surface area contributed by atoms with Crippen LogP contribution in [0.4, 0.5) is 5.82 Å². The summed E-state index contributed by atoms with van der Waals surface area (Å²) in [5, 5.41) is 12.3. The van der Waals surface area contributed by atoms with Crippen molar-refractivity contribution in [1.29, 1.82) is 0 Å². The highest BCUT2D eigenvalue weighted by molar-refractivity contribution is 6.98. The Kier molecular flexibility index (Phi) is 6.64. The quantitative estimate of drug-likeness (QED) is 0.246. The summed E-state index contributed by atoms with van der Waals surface area (Å²) < 4.78 is 5.71. The summed E-state index contributed by atoms with van der Waals surface area (Å²) in [6.45, 7) is 4.68. The average molecular weight is 423 g/mol. The molecular weight excluding hydrogens is 396 g/mol. The van der Waals surface area contributed by atoms with Crippen LogP contribution in [-0.4, -0.2) is 29.6 Å². The zero-order chi connectivity index (χ0) is 21.6.